The molecule has 0 aliphatic rings. The van der Waals surface area contributed by atoms with Crippen molar-refractivity contribution in [2.75, 3.05) is 47.1 Å². The third kappa shape index (κ3) is 6.33. The molecule has 0 saturated heterocycles. The second kappa shape index (κ2) is 9.60. The van der Waals surface area contributed by atoms with Gasteiger partial charge in [0.15, 0.2) is 5.78 Å². The Morgan fingerprint density at radius 3 is 2.29 bits per heavy atom. The average molecular weight is 297 g/mol. The number of ether oxygens (including phenoxy) is 2. The van der Waals surface area contributed by atoms with Crippen LogP contribution in [0.5, 0.6) is 0 Å². The van der Waals surface area contributed by atoms with Crippen LogP contribution in [-0.2, 0) is 9.47 Å². The maximum atomic E-state index is 13.5. The monoisotopic (exact) mass is 297 g/mol. The number of nitrogens with zero attached hydrogens (tertiary/aromatic N) is 1. The van der Waals surface area contributed by atoms with Crippen molar-refractivity contribution in [1.82, 2.24) is 4.90 Å². The van der Waals surface area contributed by atoms with Gasteiger partial charge in [0.25, 0.3) is 0 Å². The van der Waals surface area contributed by atoms with E-state index >= 15 is 0 Å². The van der Waals surface area contributed by atoms with Crippen LogP contribution in [0, 0.1) is 12.7 Å². The standard InChI is InChI=1S/C16H24FNO3/c1-13-4-5-14(12-15(13)17)16(19)6-7-18(8-10-20-2)9-11-21-3/h4-5,12H,6-11H2,1-3H3. The molecule has 1 aromatic carbocycles. The maximum Gasteiger partial charge on any atom is 0.164 e. The molecule has 0 fully saturated rings. The number of aryl methyl sites for hydroxylation is 1. The van der Waals surface area contributed by atoms with E-state index in [9.17, 15) is 9.18 Å². The molecule has 0 aromatic heterocycles. The molecular formula is C16H24FNO3. The largest absolute Gasteiger partial charge is 0.383 e. The lowest BCUT2D eigenvalue weighted by Gasteiger charge is -2.21. The van der Waals surface area contributed by atoms with E-state index < -0.39 is 0 Å². The summed E-state index contributed by atoms with van der Waals surface area (Å²) in [5.74, 6) is -0.384. The van der Waals surface area contributed by atoms with E-state index in [4.69, 9.17) is 9.47 Å². The van der Waals surface area contributed by atoms with Crippen molar-refractivity contribution in [1.29, 1.82) is 0 Å². The van der Waals surface area contributed by atoms with E-state index in [1.165, 1.54) is 6.07 Å². The minimum Gasteiger partial charge on any atom is -0.383 e. The van der Waals surface area contributed by atoms with Gasteiger partial charge in [-0.25, -0.2) is 4.39 Å². The number of Topliss-reactive ketones (excluding diaryl/α,β-unsaturated/α-hetero) is 1. The van der Waals surface area contributed by atoms with E-state index in [-0.39, 0.29) is 11.6 Å². The van der Waals surface area contributed by atoms with Gasteiger partial charge in [-0.1, -0.05) is 12.1 Å². The molecular weight excluding hydrogens is 273 g/mol. The van der Waals surface area contributed by atoms with Crippen LogP contribution in [-0.4, -0.2) is 57.8 Å². The Kier molecular flexibility index (Phi) is 8.12. The molecule has 0 bridgehead atoms. The van der Waals surface area contributed by atoms with Crippen molar-refractivity contribution < 1.29 is 18.7 Å². The Balaban J connectivity index is 2.52. The van der Waals surface area contributed by atoms with Crippen LogP contribution in [0.15, 0.2) is 18.2 Å². The number of hydrogen-bond acceptors (Lipinski definition) is 4. The smallest absolute Gasteiger partial charge is 0.164 e. The van der Waals surface area contributed by atoms with Crippen LogP contribution in [0.4, 0.5) is 4.39 Å². The van der Waals surface area contributed by atoms with Crippen LogP contribution in [0.3, 0.4) is 0 Å². The quantitative estimate of drug-likeness (QED) is 0.621. The van der Waals surface area contributed by atoms with E-state index in [0.717, 1.165) is 13.1 Å². The number of benzene rings is 1. The third-order valence-corrected chi connectivity index (χ3v) is 3.37. The number of halogens is 1. The molecule has 0 radical (unpaired) electrons. The molecule has 0 aliphatic heterocycles. The summed E-state index contributed by atoms with van der Waals surface area (Å²) in [6, 6.07) is 4.62. The van der Waals surface area contributed by atoms with Crippen LogP contribution < -0.4 is 0 Å². The van der Waals surface area contributed by atoms with Crippen molar-refractivity contribution in [2.24, 2.45) is 0 Å². The van der Waals surface area contributed by atoms with Gasteiger partial charge in [0, 0.05) is 45.8 Å². The summed E-state index contributed by atoms with van der Waals surface area (Å²) in [6.07, 6.45) is 0.357. The van der Waals surface area contributed by atoms with Crippen molar-refractivity contribution in [3.05, 3.63) is 35.1 Å². The van der Waals surface area contributed by atoms with Gasteiger partial charge >= 0.3 is 0 Å². The highest BCUT2D eigenvalue weighted by Gasteiger charge is 2.11. The summed E-state index contributed by atoms with van der Waals surface area (Å²) in [5.41, 5.74) is 0.977. The summed E-state index contributed by atoms with van der Waals surface area (Å²) in [5, 5.41) is 0. The van der Waals surface area contributed by atoms with Gasteiger partial charge in [-0.05, 0) is 18.6 Å². The molecule has 21 heavy (non-hydrogen) atoms. The Labute approximate surface area is 125 Å². The molecule has 5 heteroatoms. The first kappa shape index (κ1) is 17.8. The SMILES string of the molecule is COCCN(CCOC)CCC(=O)c1ccc(C)c(F)c1. The number of hydrogen-bond donors (Lipinski definition) is 0. The summed E-state index contributed by atoms with van der Waals surface area (Å²) in [7, 11) is 3.30. The first-order chi connectivity index (χ1) is 10.1. The average Bonchev–Trinajstić information content (AvgIpc) is 2.49. The zero-order valence-electron chi connectivity index (χ0n) is 13.0. The first-order valence-electron chi connectivity index (χ1n) is 7.08. The number of carbonyl (C=O) groups is 1. The molecule has 0 saturated carbocycles. The molecule has 0 amide bonds. The lowest BCUT2D eigenvalue weighted by atomic mass is 10.1. The Morgan fingerprint density at radius 2 is 1.76 bits per heavy atom. The van der Waals surface area contributed by atoms with E-state index in [0.29, 0.717) is 37.3 Å². The fraction of sp³-hybridized carbons (Fsp3) is 0.562. The second-order valence-corrected chi connectivity index (χ2v) is 4.96. The zero-order chi connectivity index (χ0) is 15.7. The third-order valence-electron chi connectivity index (χ3n) is 3.37. The minimum atomic E-state index is -0.337. The van der Waals surface area contributed by atoms with E-state index in [1.807, 2.05) is 0 Å². The Morgan fingerprint density at radius 1 is 1.14 bits per heavy atom. The molecule has 1 aromatic rings. The summed E-state index contributed by atoms with van der Waals surface area (Å²) in [4.78, 5) is 14.2. The van der Waals surface area contributed by atoms with Crippen LogP contribution in [0.1, 0.15) is 22.3 Å². The minimum absolute atomic E-state index is 0.0475. The van der Waals surface area contributed by atoms with Gasteiger partial charge in [0.05, 0.1) is 13.2 Å². The number of methoxy groups -OCH3 is 2. The van der Waals surface area contributed by atoms with E-state index in [1.54, 1.807) is 33.3 Å². The van der Waals surface area contributed by atoms with Gasteiger partial charge in [0.2, 0.25) is 0 Å². The first-order valence-corrected chi connectivity index (χ1v) is 7.08. The topological polar surface area (TPSA) is 38.8 Å². The molecule has 1 rings (SSSR count). The van der Waals surface area contributed by atoms with Crippen LogP contribution in [0.2, 0.25) is 0 Å². The molecule has 118 valence electrons. The van der Waals surface area contributed by atoms with Crippen molar-refractivity contribution in [3.63, 3.8) is 0 Å². The van der Waals surface area contributed by atoms with Crippen molar-refractivity contribution >= 4 is 5.78 Å². The predicted molar refractivity (Wildman–Crippen MR) is 80.3 cm³/mol. The van der Waals surface area contributed by atoms with Gasteiger partial charge in [-0.3, -0.25) is 9.69 Å². The second-order valence-electron chi connectivity index (χ2n) is 4.96. The lowest BCUT2D eigenvalue weighted by molar-refractivity contribution is 0.0911. The Hall–Kier alpha value is -1.30. The molecule has 0 atom stereocenters. The van der Waals surface area contributed by atoms with Gasteiger partial charge < -0.3 is 9.47 Å². The van der Waals surface area contributed by atoms with Crippen molar-refractivity contribution in [2.45, 2.75) is 13.3 Å². The lowest BCUT2D eigenvalue weighted by Crippen LogP contribution is -2.32. The van der Waals surface area contributed by atoms with Gasteiger partial charge in [-0.2, -0.15) is 0 Å². The number of carbonyl (C=O) groups excluding carboxylic acids is 1. The normalized spacial score (nSPS) is 11.1. The summed E-state index contributed by atoms with van der Waals surface area (Å²) < 4.78 is 23.6. The molecule has 4 nitrogen and oxygen atoms in total. The molecule has 0 unspecified atom stereocenters. The number of ketones is 1. The number of rotatable bonds is 10. The molecule has 0 aliphatic carbocycles. The fourth-order valence-corrected chi connectivity index (χ4v) is 1.95. The van der Waals surface area contributed by atoms with Gasteiger partial charge in [-0.15, -0.1) is 0 Å². The fourth-order valence-electron chi connectivity index (χ4n) is 1.95. The maximum absolute atomic E-state index is 13.5. The molecule has 0 N–H and O–H groups in total. The molecule has 0 heterocycles. The summed E-state index contributed by atoms with van der Waals surface area (Å²) >= 11 is 0. The summed E-state index contributed by atoms with van der Waals surface area (Å²) in [6.45, 7) is 5.00. The van der Waals surface area contributed by atoms with E-state index in [2.05, 4.69) is 4.90 Å². The molecule has 0 spiro atoms. The Bertz CT molecular complexity index is 443. The van der Waals surface area contributed by atoms with Crippen LogP contribution >= 0.6 is 0 Å². The predicted octanol–water partition coefficient (Wildman–Crippen LogP) is 2.30. The van der Waals surface area contributed by atoms with Crippen molar-refractivity contribution in [3.8, 4) is 0 Å². The highest BCUT2D eigenvalue weighted by atomic mass is 19.1. The highest BCUT2D eigenvalue weighted by molar-refractivity contribution is 5.96. The van der Waals surface area contributed by atoms with Gasteiger partial charge in [0.1, 0.15) is 5.82 Å². The zero-order valence-corrected chi connectivity index (χ0v) is 13.0. The van der Waals surface area contributed by atoms with Crippen LogP contribution in [0.25, 0.3) is 0 Å². The highest BCUT2D eigenvalue weighted by Crippen LogP contribution is 2.11.